The van der Waals surface area contributed by atoms with Gasteiger partial charge in [0, 0.05) is 5.56 Å². The van der Waals surface area contributed by atoms with Gasteiger partial charge in [0.05, 0.1) is 12.3 Å². The number of nitrogen functional groups attached to an aromatic ring is 1. The maximum absolute atomic E-state index is 11.2. The van der Waals surface area contributed by atoms with Gasteiger partial charge in [-0.25, -0.2) is 0 Å². The molecular weight excluding hydrogens is 192 g/mol. The number of nitrogens with zero attached hydrogens (tertiary/aromatic N) is 1. The monoisotopic (exact) mass is 204 g/mol. The lowest BCUT2D eigenvalue weighted by atomic mass is 10.0. The molecule has 15 heavy (non-hydrogen) atoms. The fourth-order valence-electron chi connectivity index (χ4n) is 1.30. The summed E-state index contributed by atoms with van der Waals surface area (Å²) in [5.41, 5.74) is 6.48. The molecule has 0 amide bonds. The van der Waals surface area contributed by atoms with Crippen LogP contribution in [0.2, 0.25) is 0 Å². The molecule has 1 aromatic rings. The van der Waals surface area contributed by atoms with Crippen molar-refractivity contribution < 1.29 is 9.53 Å². The zero-order chi connectivity index (χ0) is 11.4. The number of carbonyl (C=O) groups is 1. The standard InChI is InChI=1S/C11H12N2O2/c1-3-15-10-5-4-8(7(2)14)11(13)9(10)6-12/h4-5H,3,13H2,1-2H3. The molecule has 4 nitrogen and oxygen atoms in total. The Hall–Kier alpha value is -2.02. The van der Waals surface area contributed by atoms with Crippen LogP contribution in [-0.2, 0) is 0 Å². The first-order chi connectivity index (χ1) is 7.11. The highest BCUT2D eigenvalue weighted by atomic mass is 16.5. The molecule has 0 fully saturated rings. The Labute approximate surface area is 88.3 Å². The molecule has 0 radical (unpaired) electrons. The Morgan fingerprint density at radius 1 is 1.60 bits per heavy atom. The van der Waals surface area contributed by atoms with Gasteiger partial charge in [-0.2, -0.15) is 5.26 Å². The van der Waals surface area contributed by atoms with Gasteiger partial charge < -0.3 is 10.5 Å². The quantitative estimate of drug-likeness (QED) is 0.601. The number of Topliss-reactive ketones (excluding diaryl/α,β-unsaturated/α-hetero) is 1. The number of ketones is 1. The molecule has 0 bridgehead atoms. The highest BCUT2D eigenvalue weighted by molar-refractivity contribution is 6.00. The third-order valence-corrected chi connectivity index (χ3v) is 2.00. The molecule has 4 heteroatoms. The van der Waals surface area contributed by atoms with Crippen LogP contribution in [0.25, 0.3) is 0 Å². The second-order valence-electron chi connectivity index (χ2n) is 3.00. The van der Waals surface area contributed by atoms with Crippen LogP contribution < -0.4 is 10.5 Å². The molecule has 0 aliphatic carbocycles. The summed E-state index contributed by atoms with van der Waals surface area (Å²) in [6.45, 7) is 3.68. The summed E-state index contributed by atoms with van der Waals surface area (Å²) >= 11 is 0. The van der Waals surface area contributed by atoms with Gasteiger partial charge in [-0.05, 0) is 26.0 Å². The van der Waals surface area contributed by atoms with Gasteiger partial charge in [0.15, 0.2) is 5.78 Å². The lowest BCUT2D eigenvalue weighted by Crippen LogP contribution is -2.04. The van der Waals surface area contributed by atoms with Crippen molar-refractivity contribution in [2.24, 2.45) is 0 Å². The van der Waals surface area contributed by atoms with Crippen molar-refractivity contribution in [3.8, 4) is 11.8 Å². The summed E-state index contributed by atoms with van der Waals surface area (Å²) in [5, 5.41) is 8.91. The lowest BCUT2D eigenvalue weighted by molar-refractivity contribution is 0.101. The Kier molecular flexibility index (Phi) is 3.29. The number of nitriles is 1. The number of hydrogen-bond donors (Lipinski definition) is 1. The summed E-state index contributed by atoms with van der Waals surface area (Å²) in [7, 11) is 0. The highest BCUT2D eigenvalue weighted by Crippen LogP contribution is 2.27. The molecule has 0 atom stereocenters. The van der Waals surface area contributed by atoms with E-state index >= 15 is 0 Å². The first-order valence-corrected chi connectivity index (χ1v) is 4.58. The largest absolute Gasteiger partial charge is 0.492 e. The SMILES string of the molecule is CCOc1ccc(C(C)=O)c(N)c1C#N. The smallest absolute Gasteiger partial charge is 0.161 e. The molecular formula is C11H12N2O2. The van der Waals surface area contributed by atoms with Crippen molar-refractivity contribution in [1.29, 1.82) is 5.26 Å². The fraction of sp³-hybridized carbons (Fsp3) is 0.273. The summed E-state index contributed by atoms with van der Waals surface area (Å²) < 4.78 is 5.23. The van der Waals surface area contributed by atoms with Crippen molar-refractivity contribution in [1.82, 2.24) is 0 Å². The van der Waals surface area contributed by atoms with Crippen molar-refractivity contribution in [3.63, 3.8) is 0 Å². The summed E-state index contributed by atoms with van der Waals surface area (Å²) in [6, 6.07) is 5.11. The van der Waals surface area contributed by atoms with E-state index in [0.717, 1.165) is 0 Å². The maximum Gasteiger partial charge on any atom is 0.161 e. The minimum atomic E-state index is -0.160. The van der Waals surface area contributed by atoms with E-state index in [1.54, 1.807) is 12.1 Å². The average molecular weight is 204 g/mol. The zero-order valence-electron chi connectivity index (χ0n) is 8.70. The average Bonchev–Trinajstić information content (AvgIpc) is 2.18. The van der Waals surface area contributed by atoms with Crippen LogP contribution in [0.1, 0.15) is 29.8 Å². The number of ether oxygens (including phenoxy) is 1. The second-order valence-corrected chi connectivity index (χ2v) is 3.00. The third kappa shape index (κ3) is 2.08. The van der Waals surface area contributed by atoms with E-state index in [-0.39, 0.29) is 17.0 Å². The summed E-state index contributed by atoms with van der Waals surface area (Å²) in [5.74, 6) is 0.259. The minimum absolute atomic E-state index is 0.160. The number of benzene rings is 1. The maximum atomic E-state index is 11.2. The van der Waals surface area contributed by atoms with Crippen LogP contribution in [-0.4, -0.2) is 12.4 Å². The molecule has 0 unspecified atom stereocenters. The molecule has 0 saturated carbocycles. The Morgan fingerprint density at radius 3 is 2.73 bits per heavy atom. The Morgan fingerprint density at radius 2 is 2.27 bits per heavy atom. The van der Waals surface area contributed by atoms with Crippen LogP contribution >= 0.6 is 0 Å². The topological polar surface area (TPSA) is 76.1 Å². The number of hydrogen-bond acceptors (Lipinski definition) is 4. The van der Waals surface area contributed by atoms with E-state index in [4.69, 9.17) is 15.7 Å². The molecule has 2 N–H and O–H groups in total. The molecule has 78 valence electrons. The lowest BCUT2D eigenvalue weighted by Gasteiger charge is -2.09. The molecule has 0 aliphatic heterocycles. The minimum Gasteiger partial charge on any atom is -0.492 e. The fourth-order valence-corrected chi connectivity index (χ4v) is 1.30. The van der Waals surface area contributed by atoms with Crippen LogP contribution in [0, 0.1) is 11.3 Å². The van der Waals surface area contributed by atoms with E-state index in [2.05, 4.69) is 0 Å². The van der Waals surface area contributed by atoms with Crippen LogP contribution in [0.3, 0.4) is 0 Å². The molecule has 0 aliphatic rings. The molecule has 1 rings (SSSR count). The van der Waals surface area contributed by atoms with Crippen LogP contribution in [0.5, 0.6) is 5.75 Å². The predicted molar refractivity (Wildman–Crippen MR) is 56.7 cm³/mol. The third-order valence-electron chi connectivity index (χ3n) is 2.00. The molecule has 1 aromatic carbocycles. The number of nitrogens with two attached hydrogens (primary N) is 1. The van der Waals surface area contributed by atoms with E-state index < -0.39 is 0 Å². The van der Waals surface area contributed by atoms with E-state index in [1.807, 2.05) is 13.0 Å². The summed E-state index contributed by atoms with van der Waals surface area (Å²) in [6.07, 6.45) is 0. The van der Waals surface area contributed by atoms with E-state index in [9.17, 15) is 4.79 Å². The highest BCUT2D eigenvalue weighted by Gasteiger charge is 2.13. The Balaban J connectivity index is 3.34. The van der Waals surface area contributed by atoms with Crippen LogP contribution in [0.4, 0.5) is 5.69 Å². The van der Waals surface area contributed by atoms with Crippen molar-refractivity contribution >= 4 is 11.5 Å². The van der Waals surface area contributed by atoms with E-state index in [0.29, 0.717) is 17.9 Å². The number of anilines is 1. The second kappa shape index (κ2) is 4.47. The van der Waals surface area contributed by atoms with Crippen molar-refractivity contribution in [2.75, 3.05) is 12.3 Å². The first kappa shape index (κ1) is 11.1. The molecule has 0 aromatic heterocycles. The molecule has 0 spiro atoms. The van der Waals surface area contributed by atoms with Gasteiger partial charge >= 0.3 is 0 Å². The Bertz CT molecular complexity index is 433. The predicted octanol–water partition coefficient (Wildman–Crippen LogP) is 1.74. The molecule has 0 saturated heterocycles. The van der Waals surface area contributed by atoms with Gasteiger partial charge in [0.1, 0.15) is 17.4 Å². The van der Waals surface area contributed by atoms with Gasteiger partial charge in [-0.3, -0.25) is 4.79 Å². The van der Waals surface area contributed by atoms with Crippen molar-refractivity contribution in [2.45, 2.75) is 13.8 Å². The van der Waals surface area contributed by atoms with Gasteiger partial charge in [0.25, 0.3) is 0 Å². The van der Waals surface area contributed by atoms with Gasteiger partial charge in [-0.15, -0.1) is 0 Å². The normalized spacial score (nSPS) is 9.40. The zero-order valence-corrected chi connectivity index (χ0v) is 8.70. The summed E-state index contributed by atoms with van der Waals surface area (Å²) in [4.78, 5) is 11.2. The van der Waals surface area contributed by atoms with Gasteiger partial charge in [-0.1, -0.05) is 0 Å². The van der Waals surface area contributed by atoms with Gasteiger partial charge in [0.2, 0.25) is 0 Å². The molecule has 0 heterocycles. The van der Waals surface area contributed by atoms with E-state index in [1.165, 1.54) is 6.92 Å². The first-order valence-electron chi connectivity index (χ1n) is 4.58. The van der Waals surface area contributed by atoms with Crippen LogP contribution in [0.15, 0.2) is 12.1 Å². The van der Waals surface area contributed by atoms with Crippen molar-refractivity contribution in [3.05, 3.63) is 23.3 Å². The number of rotatable bonds is 3. The number of carbonyl (C=O) groups excluding carboxylic acids is 1.